The monoisotopic (exact) mass is 395 g/mol. The first kappa shape index (κ1) is 19.1. The van der Waals surface area contributed by atoms with Crippen molar-refractivity contribution in [3.05, 3.63) is 81.4 Å². The lowest BCUT2D eigenvalue weighted by Gasteiger charge is -2.24. The van der Waals surface area contributed by atoms with Crippen LogP contribution in [0.2, 0.25) is 0 Å². The molecule has 0 radical (unpaired) electrons. The summed E-state index contributed by atoms with van der Waals surface area (Å²) in [6, 6.07) is 7.79. The van der Waals surface area contributed by atoms with E-state index >= 15 is 0 Å². The Bertz CT molecular complexity index is 1100. The van der Waals surface area contributed by atoms with Crippen molar-refractivity contribution < 1.29 is 13.6 Å². The van der Waals surface area contributed by atoms with Crippen molar-refractivity contribution in [1.29, 1.82) is 0 Å². The van der Waals surface area contributed by atoms with Crippen molar-refractivity contribution in [1.82, 2.24) is 14.7 Å². The van der Waals surface area contributed by atoms with Crippen molar-refractivity contribution in [2.45, 2.75) is 38.6 Å². The van der Waals surface area contributed by atoms with E-state index in [9.17, 15) is 14.0 Å². The van der Waals surface area contributed by atoms with Crippen LogP contribution in [0.5, 0.6) is 0 Å². The molecule has 0 unspecified atom stereocenters. The number of hydrogen-bond donors (Lipinski definition) is 0. The van der Waals surface area contributed by atoms with Crippen LogP contribution in [0.25, 0.3) is 5.69 Å². The molecular formula is C22H22FN3O3. The molecule has 2 heterocycles. The van der Waals surface area contributed by atoms with Gasteiger partial charge in [-0.1, -0.05) is 6.42 Å². The smallest absolute Gasteiger partial charge is 0.349 e. The van der Waals surface area contributed by atoms with Crippen LogP contribution in [-0.2, 0) is 6.54 Å². The summed E-state index contributed by atoms with van der Waals surface area (Å²) >= 11 is 0. The van der Waals surface area contributed by atoms with Crippen molar-refractivity contribution in [3.8, 4) is 5.69 Å². The normalized spacial score (nSPS) is 13.9. The molecule has 1 amide bonds. The minimum atomic E-state index is -0.578. The van der Waals surface area contributed by atoms with Crippen LogP contribution in [0.1, 0.15) is 52.4 Å². The molecule has 1 saturated carbocycles. The molecule has 1 aromatic carbocycles. The van der Waals surface area contributed by atoms with Crippen LogP contribution in [0, 0.1) is 12.7 Å². The number of carbonyl (C=O) groups is 1. The molecule has 0 N–H and O–H groups in total. The predicted molar refractivity (Wildman–Crippen MR) is 106 cm³/mol. The van der Waals surface area contributed by atoms with Crippen LogP contribution in [0.15, 0.2) is 51.9 Å². The number of benzene rings is 1. The van der Waals surface area contributed by atoms with Gasteiger partial charge in [0.25, 0.3) is 5.91 Å². The van der Waals surface area contributed by atoms with Crippen LogP contribution in [0.3, 0.4) is 0 Å². The standard InChI is InChI=1S/C22H22FN3O3/c1-14-10-19(16-4-3-5-16)29-22(28)20(14)21(27)25(2)12-15-11-24-26(13-15)18-8-6-17(23)7-9-18/h6-11,13,16H,3-5,12H2,1-2H3. The summed E-state index contributed by atoms with van der Waals surface area (Å²) in [4.78, 5) is 26.8. The first-order valence-corrected chi connectivity index (χ1v) is 9.62. The molecule has 2 aromatic heterocycles. The van der Waals surface area contributed by atoms with Crippen molar-refractivity contribution >= 4 is 5.91 Å². The van der Waals surface area contributed by atoms with Crippen LogP contribution >= 0.6 is 0 Å². The molecule has 1 fully saturated rings. The van der Waals surface area contributed by atoms with Gasteiger partial charge in [0.1, 0.15) is 17.1 Å². The SMILES string of the molecule is Cc1cc(C2CCC2)oc(=O)c1C(=O)N(C)Cc1cnn(-c2ccc(F)cc2)c1. The maximum atomic E-state index is 13.1. The zero-order chi connectivity index (χ0) is 20.5. The van der Waals surface area contributed by atoms with Crippen LogP contribution in [-0.4, -0.2) is 27.6 Å². The van der Waals surface area contributed by atoms with Gasteiger partial charge in [0, 0.05) is 31.3 Å². The van der Waals surface area contributed by atoms with E-state index in [1.54, 1.807) is 43.2 Å². The minimum Gasteiger partial charge on any atom is -0.427 e. The first-order valence-electron chi connectivity index (χ1n) is 9.62. The highest BCUT2D eigenvalue weighted by atomic mass is 19.1. The number of rotatable bonds is 5. The van der Waals surface area contributed by atoms with Gasteiger partial charge in [-0.3, -0.25) is 4.79 Å². The Morgan fingerprint density at radius 2 is 2.03 bits per heavy atom. The number of aryl methyl sites for hydroxylation is 1. The maximum Gasteiger partial charge on any atom is 0.349 e. The summed E-state index contributed by atoms with van der Waals surface area (Å²) in [5.41, 5.74) is 1.64. The summed E-state index contributed by atoms with van der Waals surface area (Å²) in [6.45, 7) is 2.05. The summed E-state index contributed by atoms with van der Waals surface area (Å²) < 4.78 is 20.1. The third kappa shape index (κ3) is 3.85. The molecule has 6 nitrogen and oxygen atoms in total. The summed E-state index contributed by atoms with van der Waals surface area (Å²) in [6.07, 6.45) is 6.60. The molecular weight excluding hydrogens is 373 g/mol. The summed E-state index contributed by atoms with van der Waals surface area (Å²) in [7, 11) is 1.64. The number of aromatic nitrogens is 2. The van der Waals surface area contributed by atoms with E-state index in [4.69, 9.17) is 4.42 Å². The Balaban J connectivity index is 1.50. The number of amides is 1. The molecule has 4 rings (SSSR count). The highest BCUT2D eigenvalue weighted by Gasteiger charge is 2.26. The zero-order valence-electron chi connectivity index (χ0n) is 16.4. The highest BCUT2D eigenvalue weighted by Crippen LogP contribution is 2.36. The van der Waals surface area contributed by atoms with E-state index in [1.165, 1.54) is 17.0 Å². The fourth-order valence-corrected chi connectivity index (χ4v) is 3.50. The molecule has 0 spiro atoms. The van der Waals surface area contributed by atoms with Gasteiger partial charge in [-0.25, -0.2) is 13.9 Å². The molecule has 3 aromatic rings. The lowest BCUT2D eigenvalue weighted by atomic mass is 9.83. The second-order valence-electron chi connectivity index (χ2n) is 7.55. The third-order valence-corrected chi connectivity index (χ3v) is 5.38. The van der Waals surface area contributed by atoms with Gasteiger partial charge in [0.2, 0.25) is 0 Å². The van der Waals surface area contributed by atoms with E-state index in [1.807, 2.05) is 6.07 Å². The molecule has 7 heteroatoms. The van der Waals surface area contributed by atoms with Gasteiger partial charge in [0.15, 0.2) is 0 Å². The fourth-order valence-electron chi connectivity index (χ4n) is 3.50. The Morgan fingerprint density at radius 3 is 2.66 bits per heavy atom. The van der Waals surface area contributed by atoms with Crippen LogP contribution in [0.4, 0.5) is 4.39 Å². The molecule has 29 heavy (non-hydrogen) atoms. The Labute approximate surface area is 167 Å². The Kier molecular flexibility index (Phi) is 5.05. The van der Waals surface area contributed by atoms with Gasteiger partial charge >= 0.3 is 5.63 Å². The second kappa shape index (κ2) is 7.66. The number of halogens is 1. The van der Waals surface area contributed by atoms with Crippen LogP contribution < -0.4 is 5.63 Å². The van der Waals surface area contributed by atoms with Gasteiger partial charge in [-0.05, 0) is 55.7 Å². The average Bonchev–Trinajstić information content (AvgIpc) is 3.08. The Hall–Kier alpha value is -3.22. The lowest BCUT2D eigenvalue weighted by Crippen LogP contribution is -2.31. The van der Waals surface area contributed by atoms with Crippen molar-refractivity contribution in [2.75, 3.05) is 7.05 Å². The predicted octanol–water partition coefficient (Wildman–Crippen LogP) is 3.81. The molecule has 0 bridgehead atoms. The largest absolute Gasteiger partial charge is 0.427 e. The minimum absolute atomic E-state index is 0.0708. The number of hydrogen-bond acceptors (Lipinski definition) is 4. The lowest BCUT2D eigenvalue weighted by molar-refractivity contribution is 0.0779. The third-order valence-electron chi connectivity index (χ3n) is 5.38. The average molecular weight is 395 g/mol. The first-order chi connectivity index (χ1) is 13.9. The molecule has 0 atom stereocenters. The maximum absolute atomic E-state index is 13.1. The summed E-state index contributed by atoms with van der Waals surface area (Å²) in [5.74, 6) is 0.272. The fraction of sp³-hybridized carbons (Fsp3) is 0.318. The molecule has 150 valence electrons. The quantitative estimate of drug-likeness (QED) is 0.659. The van der Waals surface area contributed by atoms with Gasteiger partial charge in [0.05, 0.1) is 11.9 Å². The van der Waals surface area contributed by atoms with Crippen molar-refractivity contribution in [2.24, 2.45) is 0 Å². The topological polar surface area (TPSA) is 68.3 Å². The molecule has 1 aliphatic rings. The van der Waals surface area contributed by atoms with E-state index in [2.05, 4.69) is 5.10 Å². The van der Waals surface area contributed by atoms with E-state index in [0.717, 1.165) is 30.5 Å². The highest BCUT2D eigenvalue weighted by molar-refractivity contribution is 5.94. The van der Waals surface area contributed by atoms with E-state index in [-0.39, 0.29) is 23.8 Å². The zero-order valence-corrected chi connectivity index (χ0v) is 16.4. The van der Waals surface area contributed by atoms with Gasteiger partial charge < -0.3 is 9.32 Å². The van der Waals surface area contributed by atoms with Gasteiger partial charge in [-0.15, -0.1) is 0 Å². The number of carbonyl (C=O) groups excluding carboxylic acids is 1. The van der Waals surface area contributed by atoms with E-state index < -0.39 is 5.63 Å². The second-order valence-corrected chi connectivity index (χ2v) is 7.55. The van der Waals surface area contributed by atoms with Gasteiger partial charge in [-0.2, -0.15) is 5.10 Å². The molecule has 0 aliphatic heterocycles. The number of nitrogens with zero attached hydrogens (tertiary/aromatic N) is 3. The van der Waals surface area contributed by atoms with E-state index in [0.29, 0.717) is 17.2 Å². The van der Waals surface area contributed by atoms with Crippen molar-refractivity contribution in [3.63, 3.8) is 0 Å². The summed E-state index contributed by atoms with van der Waals surface area (Å²) in [5, 5.41) is 4.26. The Morgan fingerprint density at radius 1 is 1.31 bits per heavy atom. The molecule has 1 aliphatic carbocycles. The molecule has 0 saturated heterocycles.